The fraction of sp³-hybridized carbons (Fsp3) is 0.261. The van der Waals surface area contributed by atoms with Crippen LogP contribution in [0.15, 0.2) is 53.4 Å². The van der Waals surface area contributed by atoms with Crippen LogP contribution in [0.1, 0.15) is 42.3 Å². The van der Waals surface area contributed by atoms with Crippen molar-refractivity contribution >= 4 is 34.9 Å². The van der Waals surface area contributed by atoms with Crippen molar-refractivity contribution in [3.8, 4) is 0 Å². The van der Waals surface area contributed by atoms with Gasteiger partial charge >= 0.3 is 0 Å². The number of carbonyl (C=O) groups excluding carboxylic acids is 3. The molecule has 0 aliphatic carbocycles. The van der Waals surface area contributed by atoms with Gasteiger partial charge in [-0.3, -0.25) is 19.3 Å². The van der Waals surface area contributed by atoms with E-state index < -0.39 is 17.0 Å². The third kappa shape index (κ3) is 4.97. The van der Waals surface area contributed by atoms with Crippen molar-refractivity contribution < 1.29 is 18.8 Å². The van der Waals surface area contributed by atoms with E-state index in [1.807, 2.05) is 12.1 Å². The highest BCUT2D eigenvalue weighted by molar-refractivity contribution is 8.18. The Kier molecular flexibility index (Phi) is 6.41. The number of thioether (sulfide) groups is 1. The first kappa shape index (κ1) is 21.8. The molecule has 7 heteroatoms. The number of hydrogen-bond donors (Lipinski definition) is 1. The fourth-order valence-corrected chi connectivity index (χ4v) is 3.79. The Morgan fingerprint density at radius 3 is 2.40 bits per heavy atom. The third-order valence-corrected chi connectivity index (χ3v) is 5.61. The summed E-state index contributed by atoms with van der Waals surface area (Å²) in [7, 11) is 0. The van der Waals surface area contributed by atoms with E-state index in [4.69, 9.17) is 0 Å². The maximum absolute atomic E-state index is 13.8. The van der Waals surface area contributed by atoms with Crippen molar-refractivity contribution in [1.82, 2.24) is 10.2 Å². The molecular formula is C23H23FN2O3S. The molecule has 1 aliphatic heterocycles. The van der Waals surface area contributed by atoms with Crippen LogP contribution in [0.4, 0.5) is 9.18 Å². The Balaban J connectivity index is 1.58. The minimum absolute atomic E-state index is 0.00294. The monoisotopic (exact) mass is 426 g/mol. The third-order valence-electron chi connectivity index (χ3n) is 4.70. The largest absolute Gasteiger partial charge is 0.350 e. The molecule has 0 atom stereocenters. The van der Waals surface area contributed by atoms with E-state index in [9.17, 15) is 18.8 Å². The normalized spacial score (nSPS) is 15.7. The highest BCUT2D eigenvalue weighted by Gasteiger charge is 2.34. The Labute approximate surface area is 179 Å². The summed E-state index contributed by atoms with van der Waals surface area (Å²) in [4.78, 5) is 38.2. The molecule has 1 fully saturated rings. The lowest BCUT2D eigenvalue weighted by atomic mass is 9.87. The summed E-state index contributed by atoms with van der Waals surface area (Å²) in [5.74, 6) is -1.23. The molecule has 3 rings (SSSR count). The van der Waals surface area contributed by atoms with E-state index in [1.54, 1.807) is 24.3 Å². The molecule has 0 bridgehead atoms. The van der Waals surface area contributed by atoms with Gasteiger partial charge in [0.05, 0.1) is 4.91 Å². The zero-order chi connectivity index (χ0) is 21.9. The minimum atomic E-state index is -0.489. The molecule has 0 saturated carbocycles. The number of halogens is 1. The van der Waals surface area contributed by atoms with Crippen LogP contribution in [-0.4, -0.2) is 35.0 Å². The molecule has 0 aromatic heterocycles. The molecule has 30 heavy (non-hydrogen) atoms. The smallest absolute Gasteiger partial charge is 0.293 e. The second kappa shape index (κ2) is 8.83. The first-order chi connectivity index (χ1) is 14.2. The zero-order valence-corrected chi connectivity index (χ0v) is 17.9. The Morgan fingerprint density at radius 2 is 1.77 bits per heavy atom. The van der Waals surface area contributed by atoms with Crippen LogP contribution < -0.4 is 5.32 Å². The summed E-state index contributed by atoms with van der Waals surface area (Å²) < 4.78 is 13.8. The maximum Gasteiger partial charge on any atom is 0.293 e. The van der Waals surface area contributed by atoms with Gasteiger partial charge in [0.1, 0.15) is 5.82 Å². The van der Waals surface area contributed by atoms with E-state index in [1.165, 1.54) is 18.2 Å². The maximum atomic E-state index is 13.8. The predicted octanol–water partition coefficient (Wildman–Crippen LogP) is 4.59. The number of benzene rings is 2. The van der Waals surface area contributed by atoms with Gasteiger partial charge in [0, 0.05) is 24.2 Å². The van der Waals surface area contributed by atoms with E-state index in [-0.39, 0.29) is 34.9 Å². The molecule has 156 valence electrons. The van der Waals surface area contributed by atoms with Gasteiger partial charge in [-0.05, 0) is 47.0 Å². The number of amides is 3. The molecular weight excluding hydrogens is 403 g/mol. The second-order valence-corrected chi connectivity index (χ2v) is 8.93. The molecule has 0 radical (unpaired) electrons. The van der Waals surface area contributed by atoms with E-state index in [0.717, 1.165) is 22.2 Å². The number of nitrogens with one attached hydrogen (secondary N) is 1. The number of nitrogens with zero attached hydrogens (tertiary/aromatic N) is 1. The molecule has 0 spiro atoms. The predicted molar refractivity (Wildman–Crippen MR) is 117 cm³/mol. The average Bonchev–Trinajstić information content (AvgIpc) is 2.96. The number of carbonyl (C=O) groups is 3. The standard InChI is InChI=1S/C23H23FN2O3S/c1-23(2,3)17-10-8-15(9-11-17)20(27)25-12-13-26-21(28)19(30-22(26)29)14-16-6-4-5-7-18(16)24/h4-11,14H,12-13H2,1-3H3,(H,25,27). The lowest BCUT2D eigenvalue weighted by Crippen LogP contribution is -2.37. The summed E-state index contributed by atoms with van der Waals surface area (Å²) in [6.07, 6.45) is 1.37. The summed E-state index contributed by atoms with van der Waals surface area (Å²) in [6, 6.07) is 13.4. The zero-order valence-electron chi connectivity index (χ0n) is 17.1. The van der Waals surface area contributed by atoms with Crippen LogP contribution in [0.2, 0.25) is 0 Å². The molecule has 1 saturated heterocycles. The van der Waals surface area contributed by atoms with Crippen molar-refractivity contribution in [2.75, 3.05) is 13.1 Å². The molecule has 0 unspecified atom stereocenters. The van der Waals surface area contributed by atoms with Crippen LogP contribution >= 0.6 is 11.8 Å². The van der Waals surface area contributed by atoms with E-state index >= 15 is 0 Å². The van der Waals surface area contributed by atoms with Crippen molar-refractivity contribution in [2.45, 2.75) is 26.2 Å². The van der Waals surface area contributed by atoms with Gasteiger partial charge in [-0.2, -0.15) is 0 Å². The van der Waals surface area contributed by atoms with Crippen LogP contribution in [0.5, 0.6) is 0 Å². The summed E-state index contributed by atoms with van der Waals surface area (Å²) in [5, 5.41) is 2.29. The van der Waals surface area contributed by atoms with Crippen LogP contribution in [0.3, 0.4) is 0 Å². The molecule has 1 heterocycles. The highest BCUT2D eigenvalue weighted by atomic mass is 32.2. The van der Waals surface area contributed by atoms with Gasteiger partial charge in [0.25, 0.3) is 17.1 Å². The van der Waals surface area contributed by atoms with Gasteiger partial charge in [0.15, 0.2) is 0 Å². The van der Waals surface area contributed by atoms with E-state index in [0.29, 0.717) is 5.56 Å². The first-order valence-corrected chi connectivity index (χ1v) is 10.4. The molecule has 2 aromatic carbocycles. The van der Waals surface area contributed by atoms with E-state index in [2.05, 4.69) is 26.1 Å². The van der Waals surface area contributed by atoms with Gasteiger partial charge in [-0.15, -0.1) is 0 Å². The molecule has 3 amide bonds. The lowest BCUT2D eigenvalue weighted by Gasteiger charge is -2.19. The van der Waals surface area contributed by atoms with Crippen molar-refractivity contribution in [3.05, 3.63) is 75.9 Å². The average molecular weight is 427 g/mol. The van der Waals surface area contributed by atoms with Gasteiger partial charge < -0.3 is 5.32 Å². The second-order valence-electron chi connectivity index (χ2n) is 7.94. The quantitative estimate of drug-likeness (QED) is 0.710. The SMILES string of the molecule is CC(C)(C)c1ccc(C(=O)NCCN2C(=O)SC(=Cc3ccccc3F)C2=O)cc1. The van der Waals surface area contributed by atoms with Crippen LogP contribution in [0, 0.1) is 5.82 Å². The summed E-state index contributed by atoms with van der Waals surface area (Å²) >= 11 is 0.764. The Morgan fingerprint density at radius 1 is 1.10 bits per heavy atom. The minimum Gasteiger partial charge on any atom is -0.350 e. The number of hydrogen-bond acceptors (Lipinski definition) is 4. The molecule has 5 nitrogen and oxygen atoms in total. The Bertz CT molecular complexity index is 1010. The van der Waals surface area contributed by atoms with Gasteiger partial charge in [-0.1, -0.05) is 51.1 Å². The number of rotatable bonds is 5. The van der Waals surface area contributed by atoms with Crippen molar-refractivity contribution in [1.29, 1.82) is 0 Å². The summed E-state index contributed by atoms with van der Waals surface area (Å²) in [6.45, 7) is 6.47. The Hall–Kier alpha value is -2.93. The van der Waals surface area contributed by atoms with Crippen LogP contribution in [0.25, 0.3) is 6.08 Å². The number of imide groups is 1. The van der Waals surface area contributed by atoms with Crippen LogP contribution in [-0.2, 0) is 10.2 Å². The molecule has 1 aliphatic rings. The highest BCUT2D eigenvalue weighted by Crippen LogP contribution is 2.32. The van der Waals surface area contributed by atoms with Gasteiger partial charge in [0.2, 0.25) is 0 Å². The lowest BCUT2D eigenvalue weighted by molar-refractivity contribution is -0.122. The van der Waals surface area contributed by atoms with Crippen molar-refractivity contribution in [3.63, 3.8) is 0 Å². The first-order valence-electron chi connectivity index (χ1n) is 9.55. The topological polar surface area (TPSA) is 66.5 Å². The van der Waals surface area contributed by atoms with Gasteiger partial charge in [-0.25, -0.2) is 4.39 Å². The molecule has 1 N–H and O–H groups in total. The molecule has 2 aromatic rings. The summed E-state index contributed by atoms with van der Waals surface area (Å²) in [5.41, 5.74) is 1.88. The fourth-order valence-electron chi connectivity index (χ4n) is 2.93. The van der Waals surface area contributed by atoms with Crippen molar-refractivity contribution in [2.24, 2.45) is 0 Å².